The van der Waals surface area contributed by atoms with Crippen molar-refractivity contribution in [2.45, 2.75) is 12.0 Å². The molecule has 0 saturated heterocycles. The summed E-state index contributed by atoms with van der Waals surface area (Å²) in [7, 11) is 0. The smallest absolute Gasteiger partial charge is 0.177 e. The highest BCUT2D eigenvalue weighted by Gasteiger charge is 2.46. The van der Waals surface area contributed by atoms with E-state index in [1.807, 2.05) is 78.9 Å². The molecule has 1 aliphatic rings. The summed E-state index contributed by atoms with van der Waals surface area (Å²) in [4.78, 5) is 13.0. The van der Waals surface area contributed by atoms with E-state index in [-0.39, 0.29) is 12.2 Å². The molecule has 2 nitrogen and oxygen atoms in total. The highest BCUT2D eigenvalue weighted by atomic mass is 16.3. The van der Waals surface area contributed by atoms with Crippen molar-refractivity contribution in [3.8, 4) is 11.1 Å². The van der Waals surface area contributed by atoms with E-state index in [9.17, 15) is 9.90 Å². The lowest BCUT2D eigenvalue weighted by atomic mass is 9.84. The molecule has 112 valence electrons. The molecule has 3 aromatic carbocycles. The Balaban J connectivity index is 1.85. The summed E-state index contributed by atoms with van der Waals surface area (Å²) in [6.45, 7) is 0. The second-order valence-electron chi connectivity index (χ2n) is 5.89. The fraction of sp³-hybridized carbons (Fsp3) is 0.0952. The Morgan fingerprint density at radius 3 is 1.78 bits per heavy atom. The van der Waals surface area contributed by atoms with E-state index in [4.69, 9.17) is 0 Å². The number of hydrogen-bond donors (Lipinski definition) is 1. The van der Waals surface area contributed by atoms with E-state index in [1.165, 1.54) is 0 Å². The molecule has 3 aromatic rings. The summed E-state index contributed by atoms with van der Waals surface area (Å²) < 4.78 is 0. The van der Waals surface area contributed by atoms with Crippen LogP contribution in [0.2, 0.25) is 0 Å². The predicted octanol–water partition coefficient (Wildman–Crippen LogP) is 3.71. The third-order valence-corrected chi connectivity index (χ3v) is 4.53. The van der Waals surface area contributed by atoms with Gasteiger partial charge in [-0.05, 0) is 16.7 Å². The monoisotopic (exact) mass is 300 g/mol. The standard InChI is InChI=1S/C21H16O2/c22-20(14-15-8-2-1-3-9-15)21(23)18-12-6-4-10-16(18)17-11-5-7-13-19(17)21/h1-13,23H,14H2. The molecule has 2 heteroatoms. The summed E-state index contributed by atoms with van der Waals surface area (Å²) in [5, 5.41) is 11.4. The van der Waals surface area contributed by atoms with Crippen LogP contribution in [0.5, 0.6) is 0 Å². The Labute approximate surface area is 135 Å². The van der Waals surface area contributed by atoms with Crippen LogP contribution in [0.3, 0.4) is 0 Å². The number of Topliss-reactive ketones (excluding diaryl/α,β-unsaturated/α-hetero) is 1. The molecular formula is C21H16O2. The fourth-order valence-electron chi connectivity index (χ4n) is 3.42. The molecular weight excluding hydrogens is 284 g/mol. The third-order valence-electron chi connectivity index (χ3n) is 4.53. The molecule has 0 spiro atoms. The van der Waals surface area contributed by atoms with Crippen LogP contribution < -0.4 is 0 Å². The second kappa shape index (κ2) is 5.18. The number of fused-ring (bicyclic) bond motifs is 3. The summed E-state index contributed by atoms with van der Waals surface area (Å²) in [6.07, 6.45) is 0.208. The van der Waals surface area contributed by atoms with Gasteiger partial charge in [-0.1, -0.05) is 78.9 Å². The molecule has 0 unspecified atom stereocenters. The van der Waals surface area contributed by atoms with Crippen molar-refractivity contribution in [2.24, 2.45) is 0 Å². The van der Waals surface area contributed by atoms with Crippen LogP contribution in [0.25, 0.3) is 11.1 Å². The predicted molar refractivity (Wildman–Crippen MR) is 90.0 cm³/mol. The Kier molecular flexibility index (Phi) is 3.14. The molecule has 0 fully saturated rings. The van der Waals surface area contributed by atoms with Gasteiger partial charge in [-0.2, -0.15) is 0 Å². The maximum absolute atomic E-state index is 13.0. The maximum atomic E-state index is 13.0. The first-order chi connectivity index (χ1) is 11.2. The van der Waals surface area contributed by atoms with E-state index in [1.54, 1.807) is 0 Å². The molecule has 1 N–H and O–H groups in total. The van der Waals surface area contributed by atoms with E-state index in [2.05, 4.69) is 0 Å². The minimum atomic E-state index is -1.57. The van der Waals surface area contributed by atoms with Crippen LogP contribution in [0.1, 0.15) is 16.7 Å². The Morgan fingerprint density at radius 2 is 1.22 bits per heavy atom. The lowest BCUT2D eigenvalue weighted by Gasteiger charge is -2.24. The lowest BCUT2D eigenvalue weighted by Crippen LogP contribution is -2.36. The number of benzene rings is 3. The summed E-state index contributed by atoms with van der Waals surface area (Å²) in [5.41, 5.74) is 2.58. The van der Waals surface area contributed by atoms with Crippen molar-refractivity contribution in [3.63, 3.8) is 0 Å². The first-order valence-corrected chi connectivity index (χ1v) is 7.70. The van der Waals surface area contributed by atoms with Gasteiger partial charge in [-0.3, -0.25) is 4.79 Å². The zero-order chi connectivity index (χ0) is 15.9. The first-order valence-electron chi connectivity index (χ1n) is 7.70. The first kappa shape index (κ1) is 13.9. The van der Waals surface area contributed by atoms with Gasteiger partial charge < -0.3 is 5.11 Å². The summed E-state index contributed by atoms with van der Waals surface area (Å²) in [5.74, 6) is -0.193. The van der Waals surface area contributed by atoms with Crippen molar-refractivity contribution in [2.75, 3.05) is 0 Å². The zero-order valence-electron chi connectivity index (χ0n) is 12.6. The number of hydrogen-bond acceptors (Lipinski definition) is 2. The quantitative estimate of drug-likeness (QED) is 0.800. The highest BCUT2D eigenvalue weighted by Crippen LogP contribution is 2.48. The third kappa shape index (κ3) is 2.03. The van der Waals surface area contributed by atoms with Crippen LogP contribution in [-0.2, 0) is 16.8 Å². The minimum absolute atomic E-state index is 0.193. The van der Waals surface area contributed by atoms with Crippen molar-refractivity contribution in [1.82, 2.24) is 0 Å². The number of carbonyl (C=O) groups is 1. The van der Waals surface area contributed by atoms with E-state index < -0.39 is 5.60 Å². The number of aliphatic hydroxyl groups is 1. The Bertz CT molecular complexity index is 836. The Morgan fingerprint density at radius 1 is 0.739 bits per heavy atom. The van der Waals surface area contributed by atoms with Crippen molar-refractivity contribution in [1.29, 1.82) is 0 Å². The van der Waals surface area contributed by atoms with Gasteiger partial charge >= 0.3 is 0 Å². The van der Waals surface area contributed by atoms with Crippen LogP contribution in [0.15, 0.2) is 78.9 Å². The number of rotatable bonds is 3. The van der Waals surface area contributed by atoms with Crippen molar-refractivity contribution in [3.05, 3.63) is 95.6 Å². The average molecular weight is 300 g/mol. The number of ketones is 1. The van der Waals surface area contributed by atoms with Gasteiger partial charge in [0.25, 0.3) is 0 Å². The molecule has 4 rings (SSSR count). The lowest BCUT2D eigenvalue weighted by molar-refractivity contribution is -0.133. The average Bonchev–Trinajstić information content (AvgIpc) is 2.87. The molecule has 0 aromatic heterocycles. The normalized spacial score (nSPS) is 14.1. The number of carbonyl (C=O) groups excluding carboxylic acids is 1. The fourth-order valence-corrected chi connectivity index (χ4v) is 3.42. The van der Waals surface area contributed by atoms with Crippen LogP contribution in [0, 0.1) is 0 Å². The van der Waals surface area contributed by atoms with Gasteiger partial charge in [0.2, 0.25) is 0 Å². The van der Waals surface area contributed by atoms with Crippen molar-refractivity contribution >= 4 is 5.78 Å². The Hall–Kier alpha value is -2.71. The molecule has 0 atom stereocenters. The highest BCUT2D eigenvalue weighted by molar-refractivity contribution is 6.00. The van der Waals surface area contributed by atoms with Crippen LogP contribution in [0.4, 0.5) is 0 Å². The molecule has 1 aliphatic carbocycles. The van der Waals surface area contributed by atoms with Gasteiger partial charge in [0.1, 0.15) is 0 Å². The minimum Gasteiger partial charge on any atom is -0.373 e. The van der Waals surface area contributed by atoms with Crippen LogP contribution >= 0.6 is 0 Å². The second-order valence-corrected chi connectivity index (χ2v) is 5.89. The zero-order valence-corrected chi connectivity index (χ0v) is 12.6. The van der Waals surface area contributed by atoms with Gasteiger partial charge in [-0.25, -0.2) is 0 Å². The molecule has 0 amide bonds. The van der Waals surface area contributed by atoms with E-state index in [0.717, 1.165) is 16.7 Å². The maximum Gasteiger partial charge on any atom is 0.177 e. The molecule has 23 heavy (non-hydrogen) atoms. The largest absolute Gasteiger partial charge is 0.373 e. The SMILES string of the molecule is O=C(Cc1ccccc1)C1(O)c2ccccc2-c2ccccc21. The summed E-state index contributed by atoms with van der Waals surface area (Å²) in [6, 6.07) is 24.8. The molecule has 0 heterocycles. The summed E-state index contributed by atoms with van der Waals surface area (Å²) >= 11 is 0. The molecule has 0 bridgehead atoms. The van der Waals surface area contributed by atoms with Gasteiger partial charge in [0.05, 0.1) is 0 Å². The molecule has 0 radical (unpaired) electrons. The van der Waals surface area contributed by atoms with Crippen LogP contribution in [-0.4, -0.2) is 10.9 Å². The van der Waals surface area contributed by atoms with E-state index in [0.29, 0.717) is 11.1 Å². The molecule has 0 saturated carbocycles. The molecule has 0 aliphatic heterocycles. The topological polar surface area (TPSA) is 37.3 Å². The van der Waals surface area contributed by atoms with Gasteiger partial charge in [-0.15, -0.1) is 0 Å². The van der Waals surface area contributed by atoms with Gasteiger partial charge in [0, 0.05) is 17.5 Å². The van der Waals surface area contributed by atoms with Crippen molar-refractivity contribution < 1.29 is 9.90 Å². The van der Waals surface area contributed by atoms with Gasteiger partial charge in [0.15, 0.2) is 11.4 Å². The van der Waals surface area contributed by atoms with E-state index >= 15 is 0 Å².